The van der Waals surface area contributed by atoms with Crippen molar-refractivity contribution in [3.63, 3.8) is 0 Å². The molecular weight excluding hydrogens is 384 g/mol. The molecule has 4 nitrogen and oxygen atoms in total. The first-order chi connectivity index (χ1) is 12.5. The number of ether oxygens (including phenoxy) is 1. The van der Waals surface area contributed by atoms with Crippen molar-refractivity contribution in [3.05, 3.63) is 29.8 Å². The SMILES string of the molecule is COC(=O)C=Cc1ccc(O[Si](C)(C)C(C)(C)C)c(O[Si](C)(C)C(C)(C)C)c1. The van der Waals surface area contributed by atoms with Gasteiger partial charge in [-0.3, -0.25) is 0 Å². The lowest BCUT2D eigenvalue weighted by molar-refractivity contribution is -0.134. The van der Waals surface area contributed by atoms with Crippen LogP contribution in [0.15, 0.2) is 24.3 Å². The summed E-state index contributed by atoms with van der Waals surface area (Å²) in [5.74, 6) is 1.16. The average molecular weight is 423 g/mol. The van der Waals surface area contributed by atoms with Crippen molar-refractivity contribution < 1.29 is 18.4 Å². The molecule has 0 aliphatic carbocycles. The second-order valence-electron chi connectivity index (χ2n) is 10.3. The molecule has 0 aromatic heterocycles. The van der Waals surface area contributed by atoms with Gasteiger partial charge in [-0.1, -0.05) is 47.6 Å². The lowest BCUT2D eigenvalue weighted by Gasteiger charge is -2.39. The summed E-state index contributed by atoms with van der Waals surface area (Å²) in [5, 5.41) is 0.157. The van der Waals surface area contributed by atoms with Crippen LogP contribution in [0, 0.1) is 0 Å². The van der Waals surface area contributed by atoms with Gasteiger partial charge in [-0.25, -0.2) is 4.79 Å². The van der Waals surface area contributed by atoms with Crippen molar-refractivity contribution in [3.8, 4) is 11.5 Å². The van der Waals surface area contributed by atoms with Crippen molar-refractivity contribution in [2.45, 2.75) is 77.8 Å². The Hall–Kier alpha value is -1.54. The minimum Gasteiger partial charge on any atom is -0.541 e. The summed E-state index contributed by atoms with van der Waals surface area (Å²) in [6.07, 6.45) is 3.15. The number of rotatable bonds is 6. The van der Waals surface area contributed by atoms with Crippen LogP contribution in [0.4, 0.5) is 0 Å². The van der Waals surface area contributed by atoms with Gasteiger partial charge < -0.3 is 13.6 Å². The Kier molecular flexibility index (Phi) is 7.40. The second kappa shape index (κ2) is 8.45. The summed E-state index contributed by atoms with van der Waals surface area (Å²) in [6, 6.07) is 5.86. The normalized spacial score (nSPS) is 13.5. The molecule has 0 atom stereocenters. The van der Waals surface area contributed by atoms with Gasteiger partial charge in [0.1, 0.15) is 11.5 Å². The molecule has 28 heavy (non-hydrogen) atoms. The van der Waals surface area contributed by atoms with Crippen LogP contribution in [0.2, 0.25) is 36.3 Å². The second-order valence-corrected chi connectivity index (χ2v) is 19.7. The Morgan fingerprint density at radius 1 is 0.857 bits per heavy atom. The third-order valence-electron chi connectivity index (χ3n) is 5.92. The van der Waals surface area contributed by atoms with E-state index in [1.54, 1.807) is 6.08 Å². The predicted octanol–water partition coefficient (Wildman–Crippen LogP) is 6.64. The van der Waals surface area contributed by atoms with Crippen molar-refractivity contribution in [1.29, 1.82) is 0 Å². The Morgan fingerprint density at radius 2 is 1.32 bits per heavy atom. The van der Waals surface area contributed by atoms with Crippen LogP contribution in [-0.4, -0.2) is 29.7 Å². The first-order valence-electron chi connectivity index (χ1n) is 9.78. The topological polar surface area (TPSA) is 44.8 Å². The number of carbonyl (C=O) groups excluding carboxylic acids is 1. The molecule has 0 fully saturated rings. The summed E-state index contributed by atoms with van der Waals surface area (Å²) >= 11 is 0. The van der Waals surface area contributed by atoms with Crippen LogP contribution in [0.1, 0.15) is 47.1 Å². The van der Waals surface area contributed by atoms with Crippen molar-refractivity contribution >= 4 is 28.7 Å². The Balaban J connectivity index is 3.39. The van der Waals surface area contributed by atoms with Gasteiger partial charge in [0.05, 0.1) is 7.11 Å². The molecule has 0 heterocycles. The van der Waals surface area contributed by atoms with E-state index in [-0.39, 0.29) is 16.0 Å². The molecule has 6 heteroatoms. The van der Waals surface area contributed by atoms with Gasteiger partial charge in [-0.05, 0) is 60.0 Å². The number of hydrogen-bond donors (Lipinski definition) is 0. The summed E-state index contributed by atoms with van der Waals surface area (Å²) in [7, 11) is -2.70. The smallest absolute Gasteiger partial charge is 0.330 e. The number of benzene rings is 1. The Labute approximate surface area is 173 Å². The molecule has 0 amide bonds. The highest BCUT2D eigenvalue weighted by Crippen LogP contribution is 2.43. The van der Waals surface area contributed by atoms with Crippen molar-refractivity contribution in [1.82, 2.24) is 0 Å². The lowest BCUT2D eigenvalue weighted by Crippen LogP contribution is -2.45. The predicted molar refractivity (Wildman–Crippen MR) is 123 cm³/mol. The molecule has 0 unspecified atom stereocenters. The van der Waals surface area contributed by atoms with E-state index in [4.69, 9.17) is 8.85 Å². The first kappa shape index (κ1) is 24.5. The number of methoxy groups -OCH3 is 1. The minimum absolute atomic E-state index is 0.0686. The third-order valence-corrected chi connectivity index (χ3v) is 14.6. The number of hydrogen-bond acceptors (Lipinski definition) is 4. The molecular formula is C22H38O4Si2. The van der Waals surface area contributed by atoms with E-state index in [1.165, 1.54) is 13.2 Å². The summed E-state index contributed by atoms with van der Waals surface area (Å²) in [6.45, 7) is 22.2. The van der Waals surface area contributed by atoms with Gasteiger partial charge in [0.25, 0.3) is 16.6 Å². The van der Waals surface area contributed by atoms with Crippen LogP contribution in [-0.2, 0) is 9.53 Å². The van der Waals surface area contributed by atoms with Crippen LogP contribution in [0.5, 0.6) is 11.5 Å². The number of esters is 1. The van der Waals surface area contributed by atoms with Gasteiger partial charge in [-0.15, -0.1) is 0 Å². The highest BCUT2D eigenvalue weighted by molar-refractivity contribution is 6.75. The van der Waals surface area contributed by atoms with Gasteiger partial charge in [0.15, 0.2) is 0 Å². The standard InChI is InChI=1S/C22H38O4Si2/c1-21(2,3)27(8,9)25-18-14-12-17(13-15-20(23)24-7)16-19(18)26-28(10,11)22(4,5)6/h12-16H,1-11H3. The molecule has 0 spiro atoms. The fraction of sp³-hybridized carbons (Fsp3) is 0.591. The monoisotopic (exact) mass is 422 g/mol. The van der Waals surface area contributed by atoms with Gasteiger partial charge >= 0.3 is 5.97 Å². The summed E-state index contributed by atoms with van der Waals surface area (Å²) in [4.78, 5) is 11.4. The maximum atomic E-state index is 11.4. The quantitative estimate of drug-likeness (QED) is 0.293. The van der Waals surface area contributed by atoms with E-state index in [9.17, 15) is 4.79 Å². The highest BCUT2D eigenvalue weighted by Gasteiger charge is 2.42. The largest absolute Gasteiger partial charge is 0.541 e. The van der Waals surface area contributed by atoms with Crippen molar-refractivity contribution in [2.24, 2.45) is 0 Å². The third kappa shape index (κ3) is 6.24. The number of carbonyl (C=O) groups is 1. The fourth-order valence-electron chi connectivity index (χ4n) is 1.88. The minimum atomic E-state index is -2.05. The summed E-state index contributed by atoms with van der Waals surface area (Å²) < 4.78 is 17.9. The van der Waals surface area contributed by atoms with E-state index in [0.717, 1.165) is 17.1 Å². The zero-order chi connectivity index (χ0) is 22.0. The molecule has 0 aliphatic heterocycles. The Morgan fingerprint density at radius 3 is 1.75 bits per heavy atom. The molecule has 0 aliphatic rings. The van der Waals surface area contributed by atoms with E-state index in [2.05, 4.69) is 72.5 Å². The molecule has 158 valence electrons. The molecule has 1 aromatic carbocycles. The van der Waals surface area contributed by atoms with Crippen LogP contribution >= 0.6 is 0 Å². The molecule has 1 rings (SSSR count). The Bertz CT molecular complexity index is 723. The van der Waals surface area contributed by atoms with Crippen LogP contribution < -0.4 is 8.85 Å². The highest BCUT2D eigenvalue weighted by atomic mass is 28.4. The fourth-order valence-corrected chi connectivity index (χ4v) is 3.92. The van der Waals surface area contributed by atoms with E-state index >= 15 is 0 Å². The maximum absolute atomic E-state index is 11.4. The zero-order valence-electron chi connectivity index (χ0n) is 19.5. The van der Waals surface area contributed by atoms with Crippen molar-refractivity contribution in [2.75, 3.05) is 7.11 Å². The molecule has 1 aromatic rings. The zero-order valence-corrected chi connectivity index (χ0v) is 21.5. The first-order valence-corrected chi connectivity index (χ1v) is 15.6. The van der Waals surface area contributed by atoms with E-state index < -0.39 is 16.6 Å². The molecule has 0 bridgehead atoms. The van der Waals surface area contributed by atoms with Gasteiger partial charge in [-0.2, -0.15) is 0 Å². The molecule has 0 saturated heterocycles. The lowest BCUT2D eigenvalue weighted by atomic mass is 10.2. The van der Waals surface area contributed by atoms with E-state index in [1.807, 2.05) is 18.2 Å². The van der Waals surface area contributed by atoms with Crippen LogP contribution in [0.25, 0.3) is 6.08 Å². The maximum Gasteiger partial charge on any atom is 0.330 e. The van der Waals surface area contributed by atoms with Gasteiger partial charge in [0, 0.05) is 6.08 Å². The van der Waals surface area contributed by atoms with E-state index in [0.29, 0.717) is 0 Å². The molecule has 0 saturated carbocycles. The molecule has 0 radical (unpaired) electrons. The van der Waals surface area contributed by atoms with Crippen LogP contribution in [0.3, 0.4) is 0 Å². The molecule has 0 N–H and O–H groups in total. The van der Waals surface area contributed by atoms with Gasteiger partial charge in [0.2, 0.25) is 0 Å². The summed E-state index contributed by atoms with van der Waals surface area (Å²) in [5.41, 5.74) is 0.877. The average Bonchev–Trinajstić information content (AvgIpc) is 2.52.